The van der Waals surface area contributed by atoms with Gasteiger partial charge in [0, 0.05) is 78.5 Å². The van der Waals surface area contributed by atoms with Crippen molar-refractivity contribution in [1.29, 1.82) is 0 Å². The van der Waals surface area contributed by atoms with E-state index in [1.165, 1.54) is 65.3 Å². The number of nitrogens with zero attached hydrogens (tertiary/aromatic N) is 6. The quantitative estimate of drug-likeness (QED) is 0.571. The van der Waals surface area contributed by atoms with Gasteiger partial charge in [-0.15, -0.1) is 0 Å². The van der Waals surface area contributed by atoms with Gasteiger partial charge in [-0.3, -0.25) is 9.80 Å². The van der Waals surface area contributed by atoms with Crippen molar-refractivity contribution in [3.8, 4) is 0 Å². The summed E-state index contributed by atoms with van der Waals surface area (Å²) in [6, 6.07) is 0. The minimum Gasteiger partial charge on any atom is -0.374 e. The van der Waals surface area contributed by atoms with Gasteiger partial charge in [-0.25, -0.2) is 0 Å². The van der Waals surface area contributed by atoms with E-state index in [1.54, 1.807) is 0 Å². The van der Waals surface area contributed by atoms with Crippen molar-refractivity contribution in [3.63, 3.8) is 0 Å². The van der Waals surface area contributed by atoms with Crippen molar-refractivity contribution in [2.45, 2.75) is 25.6 Å². The van der Waals surface area contributed by atoms with E-state index in [9.17, 15) is 0 Å². The lowest BCUT2D eigenvalue weighted by Crippen LogP contribution is -2.51. The van der Waals surface area contributed by atoms with Gasteiger partial charge in [0.05, 0.1) is 25.4 Å². The Hall–Kier alpha value is -0.320. The zero-order valence-electron chi connectivity index (χ0n) is 21.4. The second-order valence-electron chi connectivity index (χ2n) is 10.2. The molecular formula is C24H50N6O2. The van der Waals surface area contributed by atoms with Crippen molar-refractivity contribution in [2.75, 3.05) is 133 Å². The molecule has 0 aliphatic carbocycles. The zero-order valence-corrected chi connectivity index (χ0v) is 21.4. The first-order valence-electron chi connectivity index (χ1n) is 13.0. The van der Waals surface area contributed by atoms with Gasteiger partial charge in [0.25, 0.3) is 0 Å². The highest BCUT2D eigenvalue weighted by Gasteiger charge is 2.23. The average Bonchev–Trinajstić information content (AvgIpc) is 2.99. The highest BCUT2D eigenvalue weighted by atomic mass is 16.5. The number of hydrogen-bond donors (Lipinski definition) is 0. The van der Waals surface area contributed by atoms with Gasteiger partial charge in [-0.1, -0.05) is 6.92 Å². The molecule has 4 aliphatic rings. The largest absolute Gasteiger partial charge is 0.374 e. The predicted molar refractivity (Wildman–Crippen MR) is 132 cm³/mol. The van der Waals surface area contributed by atoms with E-state index in [2.05, 4.69) is 57.5 Å². The summed E-state index contributed by atoms with van der Waals surface area (Å²) in [6.07, 6.45) is 2.13. The van der Waals surface area contributed by atoms with Crippen molar-refractivity contribution in [3.05, 3.63) is 0 Å². The molecule has 0 spiro atoms. The van der Waals surface area contributed by atoms with E-state index in [4.69, 9.17) is 9.47 Å². The molecule has 0 aromatic heterocycles. The van der Waals surface area contributed by atoms with Crippen molar-refractivity contribution >= 4 is 0 Å². The number of hydrogen-bond acceptors (Lipinski definition) is 8. The Morgan fingerprint density at radius 2 is 1.06 bits per heavy atom. The predicted octanol–water partition coefficient (Wildman–Crippen LogP) is -0.0910. The van der Waals surface area contributed by atoms with Gasteiger partial charge in [0.15, 0.2) is 0 Å². The second kappa shape index (κ2) is 14.2. The fourth-order valence-corrected chi connectivity index (χ4v) is 5.10. The Labute approximate surface area is 197 Å². The molecule has 4 heterocycles. The van der Waals surface area contributed by atoms with Gasteiger partial charge in [0.1, 0.15) is 0 Å². The number of ether oxygens (including phenoxy) is 2. The summed E-state index contributed by atoms with van der Waals surface area (Å²) >= 11 is 0. The van der Waals surface area contributed by atoms with Crippen LogP contribution in [0.25, 0.3) is 0 Å². The van der Waals surface area contributed by atoms with E-state index in [-0.39, 0.29) is 0 Å². The van der Waals surface area contributed by atoms with Crippen LogP contribution >= 0.6 is 0 Å². The van der Waals surface area contributed by atoms with Gasteiger partial charge in [-0.2, -0.15) is 0 Å². The van der Waals surface area contributed by atoms with Crippen molar-refractivity contribution < 1.29 is 9.47 Å². The first-order valence-corrected chi connectivity index (χ1v) is 13.0. The summed E-state index contributed by atoms with van der Waals surface area (Å²) in [7, 11) is 6.59. The van der Waals surface area contributed by atoms with Gasteiger partial charge < -0.3 is 29.1 Å². The molecule has 0 amide bonds. The molecule has 4 aliphatic heterocycles. The summed E-state index contributed by atoms with van der Waals surface area (Å²) < 4.78 is 11.6. The molecular weight excluding hydrogens is 404 g/mol. The molecule has 0 radical (unpaired) electrons. The molecule has 0 aromatic carbocycles. The van der Waals surface area contributed by atoms with E-state index < -0.39 is 0 Å². The van der Waals surface area contributed by atoms with Crippen LogP contribution in [0.2, 0.25) is 0 Å². The standard InChI is InChI=1S/2C12H25N3O/c1-13-4-3-5-15(7-6-13)11-12-10-14(2)8-9-16-12;1-3-14-4-6-15(7-5-14)11-12-10-13(2)8-9-16-12/h2*12H,3-11H2,1-2H3. The number of rotatable bonds is 5. The Morgan fingerprint density at radius 1 is 0.562 bits per heavy atom. The SMILES string of the molecule is CCN1CCN(CC2CN(C)CCO2)CC1.CN1CCCN(CC2CN(C)CCO2)CC1. The van der Waals surface area contributed by atoms with E-state index in [0.29, 0.717) is 12.2 Å². The summed E-state index contributed by atoms with van der Waals surface area (Å²) in [4.78, 5) is 14.8. The van der Waals surface area contributed by atoms with Crippen LogP contribution in [-0.2, 0) is 9.47 Å². The van der Waals surface area contributed by atoms with Crippen molar-refractivity contribution in [2.24, 2.45) is 0 Å². The lowest BCUT2D eigenvalue weighted by molar-refractivity contribution is -0.0408. The highest BCUT2D eigenvalue weighted by Crippen LogP contribution is 2.09. The summed E-state index contributed by atoms with van der Waals surface area (Å²) in [5, 5.41) is 0. The maximum atomic E-state index is 5.82. The van der Waals surface area contributed by atoms with E-state index in [0.717, 1.165) is 52.5 Å². The highest BCUT2D eigenvalue weighted by molar-refractivity contribution is 4.78. The van der Waals surface area contributed by atoms with Crippen LogP contribution in [-0.4, -0.2) is 174 Å². The smallest absolute Gasteiger partial charge is 0.0829 e. The van der Waals surface area contributed by atoms with Gasteiger partial charge in [0.2, 0.25) is 0 Å². The topological polar surface area (TPSA) is 37.9 Å². The zero-order chi connectivity index (χ0) is 22.8. The minimum atomic E-state index is 0.419. The molecule has 0 bridgehead atoms. The Balaban J connectivity index is 0.000000181. The Bertz CT molecular complexity index is 505. The molecule has 4 rings (SSSR count). The molecule has 188 valence electrons. The molecule has 32 heavy (non-hydrogen) atoms. The van der Waals surface area contributed by atoms with Crippen LogP contribution in [0.3, 0.4) is 0 Å². The van der Waals surface area contributed by atoms with Gasteiger partial charge in [-0.05, 0) is 47.2 Å². The first-order chi connectivity index (χ1) is 15.5. The fraction of sp³-hybridized carbons (Fsp3) is 1.00. The molecule has 4 fully saturated rings. The second-order valence-corrected chi connectivity index (χ2v) is 10.2. The van der Waals surface area contributed by atoms with Crippen LogP contribution in [0, 0.1) is 0 Å². The Kier molecular flexibility index (Phi) is 11.6. The lowest BCUT2D eigenvalue weighted by Gasteiger charge is -2.38. The fourth-order valence-electron chi connectivity index (χ4n) is 5.10. The third kappa shape index (κ3) is 9.50. The molecule has 2 unspecified atom stereocenters. The Morgan fingerprint density at radius 3 is 1.59 bits per heavy atom. The molecule has 4 saturated heterocycles. The normalized spacial score (nSPS) is 31.1. The molecule has 8 nitrogen and oxygen atoms in total. The van der Waals surface area contributed by atoms with Crippen LogP contribution < -0.4 is 0 Å². The average molecular weight is 455 g/mol. The van der Waals surface area contributed by atoms with Crippen LogP contribution in [0.4, 0.5) is 0 Å². The maximum absolute atomic E-state index is 5.82. The third-order valence-corrected chi connectivity index (χ3v) is 7.33. The van der Waals surface area contributed by atoms with Crippen LogP contribution in [0.1, 0.15) is 13.3 Å². The molecule has 0 aromatic rings. The number of morpholine rings is 2. The van der Waals surface area contributed by atoms with Gasteiger partial charge >= 0.3 is 0 Å². The molecule has 0 saturated carbocycles. The summed E-state index contributed by atoms with van der Waals surface area (Å²) in [5.41, 5.74) is 0. The molecule has 0 N–H and O–H groups in total. The molecule has 2 atom stereocenters. The monoisotopic (exact) mass is 454 g/mol. The number of likely N-dealkylation sites (N-methyl/N-ethyl adjacent to an activating group) is 4. The maximum Gasteiger partial charge on any atom is 0.0829 e. The summed E-state index contributed by atoms with van der Waals surface area (Å²) in [6.45, 7) is 21.5. The lowest BCUT2D eigenvalue weighted by atomic mass is 10.2. The van der Waals surface area contributed by atoms with Crippen LogP contribution in [0.5, 0.6) is 0 Å². The number of piperazine rings is 1. The van der Waals surface area contributed by atoms with E-state index in [1.807, 2.05) is 0 Å². The minimum absolute atomic E-state index is 0.419. The first kappa shape index (κ1) is 26.3. The third-order valence-electron chi connectivity index (χ3n) is 7.33. The van der Waals surface area contributed by atoms with Crippen molar-refractivity contribution in [1.82, 2.24) is 29.4 Å². The van der Waals surface area contributed by atoms with E-state index >= 15 is 0 Å². The molecule has 8 heteroatoms. The van der Waals surface area contributed by atoms with Crippen LogP contribution in [0.15, 0.2) is 0 Å². The summed E-state index contributed by atoms with van der Waals surface area (Å²) in [5.74, 6) is 0.